The minimum Gasteiger partial charge on any atom is -0.491 e. The van der Waals surface area contributed by atoms with Crippen LogP contribution in [0.15, 0.2) is 33.9 Å². The molecule has 1 aromatic carbocycles. The van der Waals surface area contributed by atoms with Crippen LogP contribution in [-0.4, -0.2) is 50.0 Å². The molecule has 0 radical (unpaired) electrons. The summed E-state index contributed by atoms with van der Waals surface area (Å²) >= 11 is 0. The normalized spacial score (nSPS) is 15.7. The molecule has 1 unspecified atom stereocenters. The molecule has 32 heavy (non-hydrogen) atoms. The highest BCUT2D eigenvalue weighted by atomic mass is 16.5. The summed E-state index contributed by atoms with van der Waals surface area (Å²) in [5, 5.41) is 10.8. The average molecular weight is 442 g/mol. The molecule has 1 saturated heterocycles. The lowest BCUT2D eigenvalue weighted by molar-refractivity contribution is 0.0936. The van der Waals surface area contributed by atoms with Crippen LogP contribution in [0.25, 0.3) is 11.2 Å². The molecule has 0 aliphatic carbocycles. The maximum absolute atomic E-state index is 12.7. The van der Waals surface area contributed by atoms with Crippen molar-refractivity contribution in [3.8, 4) is 5.75 Å². The van der Waals surface area contributed by atoms with Crippen molar-refractivity contribution in [2.24, 2.45) is 7.05 Å². The number of nitrogens with zero attached hydrogens (tertiary/aromatic N) is 4. The first-order chi connectivity index (χ1) is 15.5. The molecule has 9 heteroatoms. The van der Waals surface area contributed by atoms with Crippen molar-refractivity contribution in [1.29, 1.82) is 0 Å². The number of ether oxygens (including phenoxy) is 1. The molecule has 1 fully saturated rings. The molecule has 4 rings (SSSR count). The molecule has 0 saturated carbocycles. The molecule has 1 atom stereocenters. The van der Waals surface area contributed by atoms with Crippen molar-refractivity contribution < 1.29 is 9.84 Å². The lowest BCUT2D eigenvalue weighted by Gasteiger charge is -2.23. The molecule has 3 heterocycles. The SMILES string of the molecule is CCc1ccc(OCC(O)Cn2c(N3CCCCCC3)nc3c2c(=O)[nH]c(=O)n3C)cc1. The van der Waals surface area contributed by atoms with Crippen molar-refractivity contribution in [1.82, 2.24) is 19.1 Å². The third-order valence-corrected chi connectivity index (χ3v) is 6.04. The predicted molar refractivity (Wildman–Crippen MR) is 124 cm³/mol. The van der Waals surface area contributed by atoms with Gasteiger partial charge in [-0.3, -0.25) is 14.3 Å². The van der Waals surface area contributed by atoms with Crippen LogP contribution in [0.5, 0.6) is 5.75 Å². The molecule has 2 aromatic heterocycles. The number of aryl methyl sites for hydroxylation is 2. The van der Waals surface area contributed by atoms with E-state index in [1.807, 2.05) is 24.3 Å². The first kappa shape index (κ1) is 22.1. The van der Waals surface area contributed by atoms with Crippen molar-refractivity contribution in [2.75, 3.05) is 24.6 Å². The van der Waals surface area contributed by atoms with Crippen LogP contribution in [0.1, 0.15) is 38.2 Å². The van der Waals surface area contributed by atoms with Crippen molar-refractivity contribution in [3.63, 3.8) is 0 Å². The van der Waals surface area contributed by atoms with Crippen LogP contribution in [0, 0.1) is 0 Å². The first-order valence-corrected chi connectivity index (χ1v) is 11.3. The van der Waals surface area contributed by atoms with Gasteiger partial charge in [0.25, 0.3) is 5.56 Å². The molecule has 3 aromatic rings. The zero-order valence-corrected chi connectivity index (χ0v) is 18.7. The maximum Gasteiger partial charge on any atom is 0.329 e. The molecule has 0 amide bonds. The standard InChI is InChI=1S/C23H31N5O4/c1-3-16-8-10-18(11-9-16)32-15-17(29)14-28-19-20(26(2)23(31)25-21(19)30)24-22(28)27-12-6-4-5-7-13-27/h8-11,17,29H,3-7,12-15H2,1-2H3,(H,25,30,31). The minimum atomic E-state index is -0.861. The number of rotatable bonds is 7. The molecule has 1 aliphatic rings. The fourth-order valence-electron chi connectivity index (χ4n) is 4.19. The van der Waals surface area contributed by atoms with Crippen LogP contribution < -0.4 is 20.9 Å². The summed E-state index contributed by atoms with van der Waals surface area (Å²) in [5.74, 6) is 1.30. The van der Waals surface area contributed by atoms with Gasteiger partial charge in [0.2, 0.25) is 5.95 Å². The zero-order chi connectivity index (χ0) is 22.7. The largest absolute Gasteiger partial charge is 0.491 e. The van der Waals surface area contributed by atoms with E-state index in [2.05, 4.69) is 21.8 Å². The summed E-state index contributed by atoms with van der Waals surface area (Å²) in [7, 11) is 1.59. The van der Waals surface area contributed by atoms with Gasteiger partial charge in [0.05, 0.1) is 6.54 Å². The Balaban J connectivity index is 1.63. The van der Waals surface area contributed by atoms with E-state index in [0.29, 0.717) is 17.3 Å². The van der Waals surface area contributed by atoms with Gasteiger partial charge in [-0.05, 0) is 37.0 Å². The number of benzene rings is 1. The molecule has 172 valence electrons. The average Bonchev–Trinajstić information content (AvgIpc) is 2.97. The number of hydrogen-bond acceptors (Lipinski definition) is 6. The van der Waals surface area contributed by atoms with E-state index in [1.54, 1.807) is 11.6 Å². The summed E-state index contributed by atoms with van der Waals surface area (Å²) in [6.07, 6.45) is 4.48. The van der Waals surface area contributed by atoms with E-state index in [1.165, 1.54) is 10.1 Å². The Kier molecular flexibility index (Phi) is 6.64. The highest BCUT2D eigenvalue weighted by molar-refractivity contribution is 5.74. The maximum atomic E-state index is 12.7. The topological polar surface area (TPSA) is 105 Å². The van der Waals surface area contributed by atoms with Gasteiger partial charge in [-0.2, -0.15) is 4.98 Å². The highest BCUT2D eigenvalue weighted by Crippen LogP contribution is 2.23. The number of H-pyrrole nitrogens is 1. The van der Waals surface area contributed by atoms with Gasteiger partial charge in [-0.15, -0.1) is 0 Å². The van der Waals surface area contributed by atoms with Crippen molar-refractivity contribution >= 4 is 17.1 Å². The van der Waals surface area contributed by atoms with Gasteiger partial charge in [-0.25, -0.2) is 4.79 Å². The van der Waals surface area contributed by atoms with Crippen molar-refractivity contribution in [3.05, 3.63) is 50.7 Å². The summed E-state index contributed by atoms with van der Waals surface area (Å²) in [6, 6.07) is 7.79. The number of anilines is 1. The number of nitrogens with one attached hydrogen (secondary N) is 1. The van der Waals surface area contributed by atoms with Gasteiger partial charge in [0.15, 0.2) is 11.2 Å². The third kappa shape index (κ3) is 4.57. The van der Waals surface area contributed by atoms with E-state index in [4.69, 9.17) is 4.74 Å². The molecule has 0 spiro atoms. The number of aromatic nitrogens is 4. The van der Waals surface area contributed by atoms with Gasteiger partial charge in [0, 0.05) is 20.1 Å². The van der Waals surface area contributed by atoms with E-state index >= 15 is 0 Å². The Morgan fingerprint density at radius 2 is 1.81 bits per heavy atom. The van der Waals surface area contributed by atoms with Gasteiger partial charge in [-0.1, -0.05) is 31.9 Å². The number of aliphatic hydroxyl groups is 1. The molecule has 0 bridgehead atoms. The van der Waals surface area contributed by atoms with E-state index in [-0.39, 0.29) is 18.7 Å². The fraction of sp³-hybridized carbons (Fsp3) is 0.522. The molecular weight excluding hydrogens is 410 g/mol. The Labute approximate surface area is 186 Å². The molecule has 9 nitrogen and oxygen atoms in total. The van der Waals surface area contributed by atoms with E-state index in [0.717, 1.165) is 45.2 Å². The Hall–Kier alpha value is -3.07. The number of fused-ring (bicyclic) bond motifs is 1. The smallest absolute Gasteiger partial charge is 0.329 e. The second-order valence-corrected chi connectivity index (χ2v) is 8.38. The van der Waals surface area contributed by atoms with Gasteiger partial charge in [0.1, 0.15) is 18.5 Å². The number of aromatic amines is 1. The Morgan fingerprint density at radius 1 is 1.12 bits per heavy atom. The fourth-order valence-corrected chi connectivity index (χ4v) is 4.19. The predicted octanol–water partition coefficient (Wildman–Crippen LogP) is 1.81. The second kappa shape index (κ2) is 9.60. The summed E-state index contributed by atoms with van der Waals surface area (Å²) in [6.45, 7) is 3.95. The van der Waals surface area contributed by atoms with E-state index in [9.17, 15) is 14.7 Å². The molecular formula is C23H31N5O4. The second-order valence-electron chi connectivity index (χ2n) is 8.38. The first-order valence-electron chi connectivity index (χ1n) is 11.3. The van der Waals surface area contributed by atoms with Crippen LogP contribution in [0.2, 0.25) is 0 Å². The van der Waals surface area contributed by atoms with Crippen LogP contribution >= 0.6 is 0 Å². The van der Waals surface area contributed by atoms with Gasteiger partial charge < -0.3 is 19.3 Å². The monoisotopic (exact) mass is 441 g/mol. The summed E-state index contributed by atoms with van der Waals surface area (Å²) in [5.41, 5.74) is 0.822. The van der Waals surface area contributed by atoms with E-state index < -0.39 is 17.4 Å². The quantitative estimate of drug-likeness (QED) is 0.579. The van der Waals surface area contributed by atoms with Crippen LogP contribution in [0.3, 0.4) is 0 Å². The number of imidazole rings is 1. The highest BCUT2D eigenvalue weighted by Gasteiger charge is 2.24. The third-order valence-electron chi connectivity index (χ3n) is 6.04. The van der Waals surface area contributed by atoms with Gasteiger partial charge >= 0.3 is 5.69 Å². The summed E-state index contributed by atoms with van der Waals surface area (Å²) in [4.78, 5) is 34.0. The number of hydrogen-bond donors (Lipinski definition) is 2. The zero-order valence-electron chi connectivity index (χ0n) is 18.7. The van der Waals surface area contributed by atoms with Crippen LogP contribution in [0.4, 0.5) is 5.95 Å². The molecule has 1 aliphatic heterocycles. The lowest BCUT2D eigenvalue weighted by atomic mass is 10.2. The number of aliphatic hydroxyl groups excluding tert-OH is 1. The lowest BCUT2D eigenvalue weighted by Crippen LogP contribution is -2.32. The van der Waals surface area contributed by atoms with Crippen LogP contribution in [-0.2, 0) is 20.0 Å². The van der Waals surface area contributed by atoms with Crippen molar-refractivity contribution in [2.45, 2.75) is 51.7 Å². The Morgan fingerprint density at radius 3 is 2.47 bits per heavy atom. The Bertz CT molecular complexity index is 1170. The minimum absolute atomic E-state index is 0.0776. The molecule has 2 N–H and O–H groups in total. The summed E-state index contributed by atoms with van der Waals surface area (Å²) < 4.78 is 8.84.